The molecule has 0 aliphatic heterocycles. The molecule has 0 radical (unpaired) electrons. The minimum absolute atomic E-state index is 0. The number of benzene rings is 1. The molecule has 0 spiro atoms. The summed E-state index contributed by atoms with van der Waals surface area (Å²) < 4.78 is 0. The van der Waals surface area contributed by atoms with Crippen LogP contribution >= 0.6 is 12.4 Å². The molecule has 0 aromatic heterocycles. The minimum Gasteiger partial charge on any atom is -0.355 e. The van der Waals surface area contributed by atoms with E-state index in [9.17, 15) is 9.59 Å². The van der Waals surface area contributed by atoms with Gasteiger partial charge in [0.2, 0.25) is 5.91 Å². The number of carbonyl (C=O) groups excluding carboxylic acids is 2. The Hall–Kier alpha value is -1.59. The highest BCUT2D eigenvalue weighted by Crippen LogP contribution is 2.21. The summed E-state index contributed by atoms with van der Waals surface area (Å²) >= 11 is 0. The van der Waals surface area contributed by atoms with Gasteiger partial charge >= 0.3 is 0 Å². The molecule has 2 amide bonds. The minimum atomic E-state index is -0.912. The maximum absolute atomic E-state index is 12.2. The van der Waals surface area contributed by atoms with Crippen LogP contribution in [-0.4, -0.2) is 24.4 Å². The summed E-state index contributed by atoms with van der Waals surface area (Å²) in [4.78, 5) is 23.9. The third-order valence-corrected chi connectivity index (χ3v) is 3.34. The first-order valence-corrected chi connectivity index (χ1v) is 6.75. The van der Waals surface area contributed by atoms with Gasteiger partial charge in [-0.15, -0.1) is 12.4 Å². The normalized spacial score (nSPS) is 12.8. The van der Waals surface area contributed by atoms with Crippen LogP contribution in [0.25, 0.3) is 0 Å². The van der Waals surface area contributed by atoms with E-state index in [1.807, 2.05) is 6.92 Å². The van der Waals surface area contributed by atoms with Gasteiger partial charge in [0.15, 0.2) is 0 Å². The van der Waals surface area contributed by atoms with Gasteiger partial charge < -0.3 is 16.4 Å². The maximum Gasteiger partial charge on any atom is 0.251 e. The van der Waals surface area contributed by atoms with Gasteiger partial charge in [-0.05, 0) is 38.0 Å². The standard InChI is InChI=1S/C15H23N3O2.ClH/c1-5-9-15(3,16)14(20)18-12-8-6-7-11(10(12)2)13(19)17-4;/h6-8H,5,9,16H2,1-4H3,(H,17,19)(H,18,20);1H. The van der Waals surface area contributed by atoms with E-state index in [0.717, 1.165) is 12.0 Å². The molecular weight excluding hydrogens is 290 g/mol. The molecule has 0 saturated carbocycles. The first kappa shape index (κ1) is 19.4. The molecule has 0 aliphatic carbocycles. The van der Waals surface area contributed by atoms with E-state index in [1.54, 1.807) is 39.1 Å². The molecular formula is C15H24ClN3O2. The molecule has 4 N–H and O–H groups in total. The van der Waals surface area contributed by atoms with Gasteiger partial charge in [0, 0.05) is 18.3 Å². The molecule has 5 nitrogen and oxygen atoms in total. The summed E-state index contributed by atoms with van der Waals surface area (Å²) in [6.45, 7) is 5.49. The number of hydrogen-bond acceptors (Lipinski definition) is 3. The Labute approximate surface area is 132 Å². The zero-order valence-corrected chi connectivity index (χ0v) is 13.8. The molecule has 0 bridgehead atoms. The van der Waals surface area contributed by atoms with Gasteiger partial charge in [-0.25, -0.2) is 0 Å². The van der Waals surface area contributed by atoms with Crippen molar-refractivity contribution in [3.63, 3.8) is 0 Å². The van der Waals surface area contributed by atoms with Crippen LogP contribution in [-0.2, 0) is 4.79 Å². The fourth-order valence-electron chi connectivity index (χ4n) is 2.05. The summed E-state index contributed by atoms with van der Waals surface area (Å²) in [5.74, 6) is -0.417. The van der Waals surface area contributed by atoms with Crippen LogP contribution in [0, 0.1) is 6.92 Å². The first-order chi connectivity index (χ1) is 9.33. The highest BCUT2D eigenvalue weighted by molar-refractivity contribution is 6.01. The van der Waals surface area contributed by atoms with Gasteiger partial charge in [0.1, 0.15) is 0 Å². The molecule has 0 aliphatic rings. The molecule has 1 rings (SSSR count). The van der Waals surface area contributed by atoms with E-state index in [0.29, 0.717) is 17.7 Å². The molecule has 0 saturated heterocycles. The lowest BCUT2D eigenvalue weighted by Gasteiger charge is -2.23. The zero-order chi connectivity index (χ0) is 15.3. The van der Waals surface area contributed by atoms with Crippen molar-refractivity contribution in [3.8, 4) is 0 Å². The van der Waals surface area contributed by atoms with Crippen LogP contribution in [0.15, 0.2) is 18.2 Å². The lowest BCUT2D eigenvalue weighted by molar-refractivity contribution is -0.120. The molecule has 0 fully saturated rings. The fourth-order valence-corrected chi connectivity index (χ4v) is 2.05. The Balaban J connectivity index is 0.00000400. The van der Waals surface area contributed by atoms with Crippen molar-refractivity contribution >= 4 is 29.9 Å². The van der Waals surface area contributed by atoms with Gasteiger partial charge in [0.25, 0.3) is 5.91 Å². The van der Waals surface area contributed by atoms with Crippen LogP contribution in [0.2, 0.25) is 0 Å². The molecule has 21 heavy (non-hydrogen) atoms. The summed E-state index contributed by atoms with van der Waals surface area (Å²) in [5.41, 5.74) is 6.97. The van der Waals surface area contributed by atoms with Crippen molar-refractivity contribution in [1.29, 1.82) is 0 Å². The van der Waals surface area contributed by atoms with E-state index in [-0.39, 0.29) is 24.2 Å². The monoisotopic (exact) mass is 313 g/mol. The van der Waals surface area contributed by atoms with E-state index in [4.69, 9.17) is 5.73 Å². The van der Waals surface area contributed by atoms with Crippen LogP contribution in [0.1, 0.15) is 42.6 Å². The summed E-state index contributed by atoms with van der Waals surface area (Å²) in [6, 6.07) is 5.22. The number of anilines is 1. The van der Waals surface area contributed by atoms with Crippen molar-refractivity contribution in [2.45, 2.75) is 39.2 Å². The van der Waals surface area contributed by atoms with Crippen molar-refractivity contribution in [2.75, 3.05) is 12.4 Å². The predicted molar refractivity (Wildman–Crippen MR) is 87.9 cm³/mol. The second-order valence-corrected chi connectivity index (χ2v) is 5.18. The van der Waals surface area contributed by atoms with Crippen molar-refractivity contribution in [2.24, 2.45) is 5.73 Å². The zero-order valence-electron chi connectivity index (χ0n) is 12.9. The number of rotatable bonds is 5. The van der Waals surface area contributed by atoms with E-state index < -0.39 is 5.54 Å². The largest absolute Gasteiger partial charge is 0.355 e. The summed E-state index contributed by atoms with van der Waals surface area (Å²) in [5, 5.41) is 5.39. The van der Waals surface area contributed by atoms with E-state index >= 15 is 0 Å². The number of halogens is 1. The van der Waals surface area contributed by atoms with Crippen LogP contribution < -0.4 is 16.4 Å². The first-order valence-electron chi connectivity index (χ1n) is 6.75. The fraction of sp³-hybridized carbons (Fsp3) is 0.467. The SMILES string of the molecule is CCCC(C)(N)C(=O)Nc1cccc(C(=O)NC)c1C.Cl. The summed E-state index contributed by atoms with van der Waals surface area (Å²) in [6.07, 6.45) is 1.44. The van der Waals surface area contributed by atoms with Gasteiger partial charge in [-0.2, -0.15) is 0 Å². The molecule has 0 heterocycles. The van der Waals surface area contributed by atoms with E-state index in [2.05, 4.69) is 10.6 Å². The van der Waals surface area contributed by atoms with E-state index in [1.165, 1.54) is 0 Å². The van der Waals surface area contributed by atoms with Crippen molar-refractivity contribution in [1.82, 2.24) is 5.32 Å². The average Bonchev–Trinajstić information content (AvgIpc) is 2.40. The van der Waals surface area contributed by atoms with Crippen LogP contribution in [0.4, 0.5) is 5.69 Å². The Morgan fingerprint density at radius 3 is 2.48 bits per heavy atom. The van der Waals surface area contributed by atoms with Gasteiger partial charge in [-0.3, -0.25) is 9.59 Å². The Morgan fingerprint density at radius 2 is 1.95 bits per heavy atom. The van der Waals surface area contributed by atoms with Crippen LogP contribution in [0.5, 0.6) is 0 Å². The predicted octanol–water partition coefficient (Wildman–Crippen LogP) is 2.23. The molecule has 1 unspecified atom stereocenters. The number of nitrogens with one attached hydrogen (secondary N) is 2. The maximum atomic E-state index is 12.2. The Bertz CT molecular complexity index is 516. The lowest BCUT2D eigenvalue weighted by atomic mass is 9.96. The smallest absolute Gasteiger partial charge is 0.251 e. The topological polar surface area (TPSA) is 84.2 Å². The Kier molecular flexibility index (Phi) is 7.39. The number of amides is 2. The second kappa shape index (κ2) is 8.00. The molecule has 1 aromatic carbocycles. The van der Waals surface area contributed by atoms with Gasteiger partial charge in [0.05, 0.1) is 5.54 Å². The quantitative estimate of drug-likeness (QED) is 0.779. The second-order valence-electron chi connectivity index (χ2n) is 5.18. The third-order valence-electron chi connectivity index (χ3n) is 3.34. The number of hydrogen-bond donors (Lipinski definition) is 3. The third kappa shape index (κ3) is 4.72. The van der Waals surface area contributed by atoms with Crippen molar-refractivity contribution < 1.29 is 9.59 Å². The number of nitrogens with two attached hydrogens (primary N) is 1. The molecule has 1 atom stereocenters. The molecule has 118 valence electrons. The number of carbonyl (C=O) groups is 2. The lowest BCUT2D eigenvalue weighted by Crippen LogP contribution is -2.48. The highest BCUT2D eigenvalue weighted by atomic mass is 35.5. The van der Waals surface area contributed by atoms with Crippen LogP contribution in [0.3, 0.4) is 0 Å². The molecule has 6 heteroatoms. The Morgan fingerprint density at radius 1 is 1.33 bits per heavy atom. The highest BCUT2D eigenvalue weighted by Gasteiger charge is 2.27. The average molecular weight is 314 g/mol. The van der Waals surface area contributed by atoms with Gasteiger partial charge in [-0.1, -0.05) is 19.4 Å². The van der Waals surface area contributed by atoms with Crippen molar-refractivity contribution in [3.05, 3.63) is 29.3 Å². The summed E-state index contributed by atoms with van der Waals surface area (Å²) in [7, 11) is 1.57. The molecule has 1 aromatic rings.